The lowest BCUT2D eigenvalue weighted by Crippen LogP contribution is -2.31. The molecule has 2 rings (SSSR count). The molecule has 0 unspecified atom stereocenters. The van der Waals surface area contributed by atoms with Gasteiger partial charge in [-0.05, 0) is 6.07 Å². The summed E-state index contributed by atoms with van der Waals surface area (Å²) in [7, 11) is -2.63. The Labute approximate surface area is 126 Å². The van der Waals surface area contributed by atoms with Gasteiger partial charge in [0, 0.05) is 38.0 Å². The van der Waals surface area contributed by atoms with Crippen LogP contribution in [-0.4, -0.2) is 29.0 Å². The molecule has 0 spiro atoms. The van der Waals surface area contributed by atoms with Crippen LogP contribution < -0.4 is 0 Å². The van der Waals surface area contributed by atoms with E-state index in [1.807, 2.05) is 0 Å². The Balaban J connectivity index is 2.40. The summed E-state index contributed by atoms with van der Waals surface area (Å²) < 4.78 is 67.2. The predicted molar refractivity (Wildman–Crippen MR) is 72.8 cm³/mol. The molecule has 2 aromatic rings. The lowest BCUT2D eigenvalue weighted by Gasteiger charge is -2.20. The SMILES string of the molecule is CCN(Cc1cnn(C)c1)S(=O)(=O)c1cc(F)c(F)cc1F. The van der Waals surface area contributed by atoms with Gasteiger partial charge < -0.3 is 0 Å². The summed E-state index contributed by atoms with van der Waals surface area (Å²) in [5.41, 5.74) is 0.593. The Bertz CT molecular complexity index is 790. The van der Waals surface area contributed by atoms with Gasteiger partial charge in [0.15, 0.2) is 11.6 Å². The van der Waals surface area contributed by atoms with Crippen molar-refractivity contribution in [1.29, 1.82) is 0 Å². The fourth-order valence-corrected chi connectivity index (χ4v) is 3.46. The first kappa shape index (κ1) is 16.5. The first-order chi connectivity index (χ1) is 10.3. The van der Waals surface area contributed by atoms with Crippen molar-refractivity contribution in [1.82, 2.24) is 14.1 Å². The van der Waals surface area contributed by atoms with Crippen molar-refractivity contribution in [3.63, 3.8) is 0 Å². The lowest BCUT2D eigenvalue weighted by atomic mass is 10.3. The maximum Gasteiger partial charge on any atom is 0.246 e. The van der Waals surface area contributed by atoms with Crippen molar-refractivity contribution in [2.45, 2.75) is 18.4 Å². The van der Waals surface area contributed by atoms with E-state index in [4.69, 9.17) is 0 Å². The molecule has 0 bridgehead atoms. The van der Waals surface area contributed by atoms with Crippen molar-refractivity contribution in [3.05, 3.63) is 47.5 Å². The molecule has 0 fully saturated rings. The molecule has 1 heterocycles. The van der Waals surface area contributed by atoms with E-state index < -0.39 is 32.4 Å². The molecule has 0 saturated heterocycles. The summed E-state index contributed by atoms with van der Waals surface area (Å²) in [6.45, 7) is 1.55. The summed E-state index contributed by atoms with van der Waals surface area (Å²) >= 11 is 0. The normalized spacial score (nSPS) is 12.1. The molecule has 0 saturated carbocycles. The number of sulfonamides is 1. The van der Waals surface area contributed by atoms with Crippen LogP contribution in [0.15, 0.2) is 29.4 Å². The zero-order valence-corrected chi connectivity index (χ0v) is 12.7. The van der Waals surface area contributed by atoms with Crippen LogP contribution in [0, 0.1) is 17.5 Å². The van der Waals surface area contributed by atoms with Crippen LogP contribution in [-0.2, 0) is 23.6 Å². The van der Waals surface area contributed by atoms with Gasteiger partial charge in [0.2, 0.25) is 10.0 Å². The van der Waals surface area contributed by atoms with Crippen LogP contribution in [0.2, 0.25) is 0 Å². The topological polar surface area (TPSA) is 55.2 Å². The maximum atomic E-state index is 13.7. The van der Waals surface area contributed by atoms with Crippen molar-refractivity contribution >= 4 is 10.0 Å². The Kier molecular flexibility index (Phi) is 4.57. The van der Waals surface area contributed by atoms with Gasteiger partial charge in [-0.2, -0.15) is 9.40 Å². The Morgan fingerprint density at radius 1 is 1.18 bits per heavy atom. The molecule has 0 radical (unpaired) electrons. The first-order valence-corrected chi connectivity index (χ1v) is 7.82. The van der Waals surface area contributed by atoms with Gasteiger partial charge in [0.1, 0.15) is 10.7 Å². The summed E-state index contributed by atoms with van der Waals surface area (Å²) in [5.74, 6) is -4.19. The van der Waals surface area contributed by atoms with Gasteiger partial charge in [0.05, 0.1) is 6.20 Å². The highest BCUT2D eigenvalue weighted by Crippen LogP contribution is 2.23. The van der Waals surface area contributed by atoms with Gasteiger partial charge in [-0.15, -0.1) is 0 Å². The second-order valence-electron chi connectivity index (χ2n) is 4.65. The first-order valence-electron chi connectivity index (χ1n) is 6.38. The number of hydrogen-bond donors (Lipinski definition) is 0. The van der Waals surface area contributed by atoms with Crippen molar-refractivity contribution in [3.8, 4) is 0 Å². The standard InChI is InChI=1S/C13H14F3N3O2S/c1-3-19(8-9-6-17-18(2)7-9)22(20,21)13-5-11(15)10(14)4-12(13)16/h4-7H,3,8H2,1-2H3. The molecule has 0 amide bonds. The maximum absolute atomic E-state index is 13.7. The minimum Gasteiger partial charge on any atom is -0.275 e. The van der Waals surface area contributed by atoms with Crippen LogP contribution in [0.5, 0.6) is 0 Å². The average molecular weight is 333 g/mol. The predicted octanol–water partition coefficient (Wildman–Crippen LogP) is 2.05. The van der Waals surface area contributed by atoms with E-state index >= 15 is 0 Å². The third-order valence-electron chi connectivity index (χ3n) is 3.06. The quantitative estimate of drug-likeness (QED) is 0.787. The Morgan fingerprint density at radius 3 is 2.36 bits per heavy atom. The van der Waals surface area contributed by atoms with Gasteiger partial charge in [0.25, 0.3) is 0 Å². The van der Waals surface area contributed by atoms with Crippen molar-refractivity contribution in [2.75, 3.05) is 6.54 Å². The second kappa shape index (κ2) is 6.09. The highest BCUT2D eigenvalue weighted by Gasteiger charge is 2.28. The van der Waals surface area contributed by atoms with Crippen LogP contribution in [0.4, 0.5) is 13.2 Å². The van der Waals surface area contributed by atoms with E-state index in [1.165, 1.54) is 10.9 Å². The van der Waals surface area contributed by atoms with E-state index in [9.17, 15) is 21.6 Å². The molecule has 1 aromatic heterocycles. The highest BCUT2D eigenvalue weighted by atomic mass is 32.2. The highest BCUT2D eigenvalue weighted by molar-refractivity contribution is 7.89. The second-order valence-corrected chi connectivity index (χ2v) is 6.56. The van der Waals surface area contributed by atoms with Crippen LogP contribution >= 0.6 is 0 Å². The third-order valence-corrected chi connectivity index (χ3v) is 5.00. The van der Waals surface area contributed by atoms with Gasteiger partial charge in [-0.3, -0.25) is 4.68 Å². The molecule has 120 valence electrons. The van der Waals surface area contributed by atoms with Gasteiger partial charge >= 0.3 is 0 Å². The van der Waals surface area contributed by atoms with Crippen LogP contribution in [0.3, 0.4) is 0 Å². The minimum atomic E-state index is -4.30. The Hall–Kier alpha value is -1.87. The molecule has 0 aliphatic heterocycles. The van der Waals surface area contributed by atoms with E-state index in [2.05, 4.69) is 5.10 Å². The summed E-state index contributed by atoms with van der Waals surface area (Å²) in [6, 6.07) is 0.575. The fourth-order valence-electron chi connectivity index (χ4n) is 1.96. The molecule has 5 nitrogen and oxygen atoms in total. The minimum absolute atomic E-state index is 0.0374. The molecule has 1 aromatic carbocycles. The number of hydrogen-bond acceptors (Lipinski definition) is 3. The average Bonchev–Trinajstić information content (AvgIpc) is 2.85. The number of benzene rings is 1. The largest absolute Gasteiger partial charge is 0.275 e. The van der Waals surface area contributed by atoms with E-state index in [0.29, 0.717) is 11.6 Å². The summed E-state index contributed by atoms with van der Waals surface area (Å²) in [4.78, 5) is -0.892. The van der Waals surface area contributed by atoms with Crippen molar-refractivity contribution in [2.24, 2.45) is 7.05 Å². The third kappa shape index (κ3) is 3.14. The molecule has 9 heteroatoms. The Morgan fingerprint density at radius 2 is 1.82 bits per heavy atom. The number of aromatic nitrogens is 2. The van der Waals surface area contributed by atoms with Gasteiger partial charge in [-0.1, -0.05) is 6.92 Å². The number of aryl methyl sites for hydroxylation is 1. The molecule has 0 aliphatic rings. The van der Waals surface area contributed by atoms with E-state index in [-0.39, 0.29) is 19.2 Å². The smallest absolute Gasteiger partial charge is 0.246 e. The van der Waals surface area contributed by atoms with E-state index in [0.717, 1.165) is 4.31 Å². The molecule has 0 N–H and O–H groups in total. The molecule has 0 atom stereocenters. The monoisotopic (exact) mass is 333 g/mol. The number of halogens is 3. The fraction of sp³-hybridized carbons (Fsp3) is 0.308. The summed E-state index contributed by atoms with van der Waals surface area (Å²) in [6.07, 6.45) is 3.08. The van der Waals surface area contributed by atoms with Crippen LogP contribution in [0.25, 0.3) is 0 Å². The zero-order valence-electron chi connectivity index (χ0n) is 11.9. The molecule has 22 heavy (non-hydrogen) atoms. The lowest BCUT2D eigenvalue weighted by molar-refractivity contribution is 0.416. The number of rotatable bonds is 5. The molecule has 0 aliphatic carbocycles. The van der Waals surface area contributed by atoms with E-state index in [1.54, 1.807) is 20.2 Å². The van der Waals surface area contributed by atoms with Crippen molar-refractivity contribution < 1.29 is 21.6 Å². The van der Waals surface area contributed by atoms with Gasteiger partial charge in [-0.25, -0.2) is 21.6 Å². The van der Waals surface area contributed by atoms with Crippen LogP contribution in [0.1, 0.15) is 12.5 Å². The zero-order chi connectivity index (χ0) is 16.5. The molecular formula is C13H14F3N3O2S. The number of nitrogens with zero attached hydrogens (tertiary/aromatic N) is 3. The summed E-state index contributed by atoms with van der Waals surface area (Å²) in [5, 5.41) is 3.91. The molecular weight excluding hydrogens is 319 g/mol.